The number of hydrogen-bond donors (Lipinski definition) is 1. The molecule has 0 aliphatic rings. The van der Waals surface area contributed by atoms with Crippen molar-refractivity contribution in [3.05, 3.63) is 65.2 Å². The standard InChI is InChI=1S/C19H23ClN2O3S/c1-15(11-12-16-7-4-3-5-8-16)21-19(23)14-22(26(2,24)25)18-10-6-9-17(20)13-18/h3-10,13,15H,11-12,14H2,1-2H3,(H,21,23). The van der Waals surface area contributed by atoms with E-state index in [0.29, 0.717) is 10.7 Å². The molecule has 1 atom stereocenters. The summed E-state index contributed by atoms with van der Waals surface area (Å²) in [5.41, 5.74) is 1.57. The van der Waals surface area contributed by atoms with Crippen LogP contribution in [0.3, 0.4) is 0 Å². The zero-order valence-electron chi connectivity index (χ0n) is 14.9. The lowest BCUT2D eigenvalue weighted by molar-refractivity contribution is -0.120. The Bertz CT molecular complexity index is 841. The van der Waals surface area contributed by atoms with E-state index in [2.05, 4.69) is 5.32 Å². The van der Waals surface area contributed by atoms with Crippen molar-refractivity contribution in [3.8, 4) is 0 Å². The predicted octanol–water partition coefficient (Wildman–Crippen LogP) is 3.24. The Kier molecular flexibility index (Phi) is 7.06. The van der Waals surface area contributed by atoms with Gasteiger partial charge in [-0.25, -0.2) is 8.42 Å². The largest absolute Gasteiger partial charge is 0.352 e. The van der Waals surface area contributed by atoms with Gasteiger partial charge in [0, 0.05) is 11.1 Å². The minimum Gasteiger partial charge on any atom is -0.352 e. The maximum atomic E-state index is 12.3. The van der Waals surface area contributed by atoms with E-state index in [1.807, 2.05) is 37.3 Å². The smallest absolute Gasteiger partial charge is 0.240 e. The van der Waals surface area contributed by atoms with Gasteiger partial charge in [0.25, 0.3) is 0 Å². The lowest BCUT2D eigenvalue weighted by Gasteiger charge is -2.23. The Morgan fingerprint density at radius 3 is 2.46 bits per heavy atom. The first-order valence-electron chi connectivity index (χ1n) is 8.32. The summed E-state index contributed by atoms with van der Waals surface area (Å²) < 4.78 is 25.2. The Hall–Kier alpha value is -2.05. The molecule has 0 fully saturated rings. The molecule has 0 aromatic heterocycles. The number of amides is 1. The van der Waals surface area contributed by atoms with Crippen LogP contribution in [0, 0.1) is 0 Å². The Balaban J connectivity index is 1.96. The molecule has 0 radical (unpaired) electrons. The predicted molar refractivity (Wildman–Crippen MR) is 106 cm³/mol. The van der Waals surface area contributed by atoms with Crippen LogP contribution in [0.2, 0.25) is 5.02 Å². The van der Waals surface area contributed by atoms with Crippen LogP contribution in [0.25, 0.3) is 0 Å². The Morgan fingerprint density at radius 2 is 1.85 bits per heavy atom. The van der Waals surface area contributed by atoms with E-state index < -0.39 is 10.0 Å². The maximum Gasteiger partial charge on any atom is 0.240 e. The second-order valence-corrected chi connectivity index (χ2v) is 8.59. The van der Waals surface area contributed by atoms with Gasteiger partial charge in [-0.15, -0.1) is 0 Å². The van der Waals surface area contributed by atoms with Crippen LogP contribution in [0.4, 0.5) is 5.69 Å². The van der Waals surface area contributed by atoms with Gasteiger partial charge in [-0.2, -0.15) is 0 Å². The van der Waals surface area contributed by atoms with E-state index in [-0.39, 0.29) is 18.5 Å². The molecule has 0 bridgehead atoms. The van der Waals surface area contributed by atoms with Crippen LogP contribution in [-0.4, -0.2) is 33.2 Å². The summed E-state index contributed by atoms with van der Waals surface area (Å²) >= 11 is 5.94. The van der Waals surface area contributed by atoms with Crippen molar-refractivity contribution in [2.45, 2.75) is 25.8 Å². The first-order valence-corrected chi connectivity index (χ1v) is 10.5. The summed E-state index contributed by atoms with van der Waals surface area (Å²) in [6, 6.07) is 16.4. The summed E-state index contributed by atoms with van der Waals surface area (Å²) in [7, 11) is -3.61. The van der Waals surface area contributed by atoms with Gasteiger partial charge in [0.05, 0.1) is 11.9 Å². The van der Waals surface area contributed by atoms with Crippen LogP contribution in [-0.2, 0) is 21.2 Å². The van der Waals surface area contributed by atoms with Crippen molar-refractivity contribution in [3.63, 3.8) is 0 Å². The zero-order valence-corrected chi connectivity index (χ0v) is 16.4. The summed E-state index contributed by atoms with van der Waals surface area (Å²) in [6.45, 7) is 1.62. The third kappa shape index (κ3) is 6.35. The molecule has 5 nitrogen and oxygen atoms in total. The number of anilines is 1. The number of rotatable bonds is 8. The molecule has 1 unspecified atom stereocenters. The molecule has 7 heteroatoms. The van der Waals surface area contributed by atoms with Crippen molar-refractivity contribution in [2.75, 3.05) is 17.1 Å². The van der Waals surface area contributed by atoms with Crippen molar-refractivity contribution in [2.24, 2.45) is 0 Å². The second-order valence-electron chi connectivity index (χ2n) is 6.24. The van der Waals surface area contributed by atoms with Crippen LogP contribution in [0.5, 0.6) is 0 Å². The monoisotopic (exact) mass is 394 g/mol. The summed E-state index contributed by atoms with van der Waals surface area (Å²) in [6.07, 6.45) is 2.68. The van der Waals surface area contributed by atoms with Crippen LogP contribution in [0.1, 0.15) is 18.9 Å². The fourth-order valence-corrected chi connectivity index (χ4v) is 3.61. The van der Waals surface area contributed by atoms with Crippen molar-refractivity contribution < 1.29 is 13.2 Å². The van der Waals surface area contributed by atoms with Gasteiger partial charge < -0.3 is 5.32 Å². The topological polar surface area (TPSA) is 66.5 Å². The number of nitrogens with zero attached hydrogens (tertiary/aromatic N) is 1. The quantitative estimate of drug-likeness (QED) is 0.747. The maximum absolute atomic E-state index is 12.3. The first kappa shape index (κ1) is 20.3. The number of benzene rings is 2. The minimum absolute atomic E-state index is 0.0662. The van der Waals surface area contributed by atoms with Gasteiger partial charge in [0.15, 0.2) is 0 Å². The summed E-state index contributed by atoms with van der Waals surface area (Å²) in [5, 5.41) is 3.27. The van der Waals surface area contributed by atoms with Crippen LogP contribution >= 0.6 is 11.6 Å². The van der Waals surface area contributed by atoms with E-state index >= 15 is 0 Å². The molecule has 0 saturated carbocycles. The van der Waals surface area contributed by atoms with Crippen molar-refractivity contribution in [1.29, 1.82) is 0 Å². The average molecular weight is 395 g/mol. The molecule has 0 aliphatic heterocycles. The molecule has 0 aliphatic carbocycles. The Labute approximate surface area is 160 Å². The lowest BCUT2D eigenvalue weighted by atomic mass is 10.1. The fourth-order valence-electron chi connectivity index (χ4n) is 2.58. The zero-order chi connectivity index (χ0) is 19.2. The lowest BCUT2D eigenvalue weighted by Crippen LogP contribution is -2.43. The number of nitrogens with one attached hydrogen (secondary N) is 1. The van der Waals surface area contributed by atoms with Crippen LogP contribution < -0.4 is 9.62 Å². The summed E-state index contributed by atoms with van der Waals surface area (Å²) in [5.74, 6) is -0.351. The fraction of sp³-hybridized carbons (Fsp3) is 0.316. The van der Waals surface area contributed by atoms with Gasteiger partial charge in [-0.05, 0) is 43.5 Å². The molecule has 26 heavy (non-hydrogen) atoms. The van der Waals surface area contributed by atoms with Gasteiger partial charge >= 0.3 is 0 Å². The molecule has 0 saturated heterocycles. The van der Waals surface area contributed by atoms with E-state index in [0.717, 1.165) is 23.4 Å². The molecular formula is C19H23ClN2O3S. The van der Waals surface area contributed by atoms with Gasteiger partial charge in [-0.3, -0.25) is 9.10 Å². The normalized spacial score (nSPS) is 12.4. The van der Waals surface area contributed by atoms with Crippen molar-refractivity contribution in [1.82, 2.24) is 5.32 Å². The number of aryl methyl sites for hydroxylation is 1. The van der Waals surface area contributed by atoms with E-state index in [9.17, 15) is 13.2 Å². The van der Waals surface area contributed by atoms with E-state index in [1.165, 1.54) is 11.6 Å². The highest BCUT2D eigenvalue weighted by molar-refractivity contribution is 7.92. The minimum atomic E-state index is -3.61. The van der Waals surface area contributed by atoms with Gasteiger partial charge in [0.2, 0.25) is 15.9 Å². The number of carbonyl (C=O) groups is 1. The molecule has 2 aromatic rings. The number of carbonyl (C=O) groups excluding carboxylic acids is 1. The Morgan fingerprint density at radius 1 is 1.15 bits per heavy atom. The van der Waals surface area contributed by atoms with Crippen molar-refractivity contribution >= 4 is 33.2 Å². The molecule has 0 heterocycles. The first-order chi connectivity index (χ1) is 12.3. The van der Waals surface area contributed by atoms with E-state index in [1.54, 1.807) is 18.2 Å². The molecular weight excluding hydrogens is 372 g/mol. The number of sulfonamides is 1. The second kappa shape index (κ2) is 9.05. The third-order valence-electron chi connectivity index (χ3n) is 3.90. The molecule has 140 valence electrons. The third-order valence-corrected chi connectivity index (χ3v) is 5.28. The molecule has 1 N–H and O–H groups in total. The molecule has 2 aromatic carbocycles. The van der Waals surface area contributed by atoms with Crippen LogP contribution in [0.15, 0.2) is 54.6 Å². The highest BCUT2D eigenvalue weighted by atomic mass is 35.5. The summed E-state index contributed by atoms with van der Waals surface area (Å²) in [4.78, 5) is 12.3. The van der Waals surface area contributed by atoms with E-state index in [4.69, 9.17) is 11.6 Å². The highest BCUT2D eigenvalue weighted by Gasteiger charge is 2.21. The molecule has 1 amide bonds. The number of hydrogen-bond acceptors (Lipinski definition) is 3. The molecule has 0 spiro atoms. The average Bonchev–Trinajstić information content (AvgIpc) is 2.58. The van der Waals surface area contributed by atoms with Gasteiger partial charge in [0.1, 0.15) is 6.54 Å². The molecule has 2 rings (SSSR count). The number of halogens is 1. The highest BCUT2D eigenvalue weighted by Crippen LogP contribution is 2.21. The SMILES string of the molecule is CC(CCc1ccccc1)NC(=O)CN(c1cccc(Cl)c1)S(C)(=O)=O. The van der Waals surface area contributed by atoms with Gasteiger partial charge in [-0.1, -0.05) is 48.0 Å².